The summed E-state index contributed by atoms with van der Waals surface area (Å²) in [6.45, 7) is 2.95. The van der Waals surface area contributed by atoms with Crippen LogP contribution >= 0.6 is 47.1 Å². The van der Waals surface area contributed by atoms with E-state index in [0.717, 1.165) is 27.8 Å². The molecule has 1 heterocycles. The van der Waals surface area contributed by atoms with Gasteiger partial charge in [0.05, 0.1) is 13.1 Å². The molecule has 2 aromatic rings. The number of nitrogens with zero attached hydrogens (tertiary/aromatic N) is 2. The maximum absolute atomic E-state index is 13.4. The molecule has 0 fully saturated rings. The minimum atomic E-state index is -4.44. The fourth-order valence-electron chi connectivity index (χ4n) is 2.23. The zero-order chi connectivity index (χ0) is 19.9. The van der Waals surface area contributed by atoms with E-state index >= 15 is 0 Å². The Balaban J connectivity index is 0.00000392. The Kier molecular flexibility index (Phi) is 10.5. The number of hydrogen-bond donors (Lipinski definition) is 2. The molecule has 0 radical (unpaired) electrons. The first-order valence-electron chi connectivity index (χ1n) is 8.13. The Morgan fingerprint density at radius 1 is 1.25 bits per heavy atom. The van der Waals surface area contributed by atoms with E-state index in [2.05, 4.69) is 20.6 Å². The maximum Gasteiger partial charge on any atom is 0.434 e. The van der Waals surface area contributed by atoms with Gasteiger partial charge in [0, 0.05) is 17.7 Å². The third kappa shape index (κ3) is 7.74. The summed E-state index contributed by atoms with van der Waals surface area (Å²) >= 11 is 2.53. The summed E-state index contributed by atoms with van der Waals surface area (Å²) in [6, 6.07) is 4.59. The van der Waals surface area contributed by atoms with Crippen LogP contribution in [0.5, 0.6) is 0 Å². The van der Waals surface area contributed by atoms with Crippen molar-refractivity contribution in [2.75, 3.05) is 12.8 Å². The van der Waals surface area contributed by atoms with Gasteiger partial charge < -0.3 is 10.6 Å². The summed E-state index contributed by atoms with van der Waals surface area (Å²) in [5.41, 5.74) is 0.882. The van der Waals surface area contributed by atoms with Crippen LogP contribution in [0.25, 0.3) is 0 Å². The Hall–Kier alpha value is -1.08. The maximum atomic E-state index is 13.4. The molecule has 156 valence electrons. The highest BCUT2D eigenvalue weighted by molar-refractivity contribution is 14.0. The number of benzene rings is 1. The molecule has 1 aromatic heterocycles. The van der Waals surface area contributed by atoms with Gasteiger partial charge in [0.2, 0.25) is 0 Å². The molecule has 4 nitrogen and oxygen atoms in total. The SMILES string of the molecule is CCNC(=NCc1ccc(F)cc1CSC)NCc1nc(C(F)(F)F)cs1.I. The lowest BCUT2D eigenvalue weighted by Crippen LogP contribution is -2.36. The topological polar surface area (TPSA) is 49.3 Å². The van der Waals surface area contributed by atoms with Crippen LogP contribution in [-0.2, 0) is 25.0 Å². The van der Waals surface area contributed by atoms with Crippen molar-refractivity contribution in [1.82, 2.24) is 15.6 Å². The average molecular weight is 548 g/mol. The molecule has 2 rings (SSSR count). The second kappa shape index (κ2) is 11.8. The lowest BCUT2D eigenvalue weighted by molar-refractivity contribution is -0.140. The molecule has 28 heavy (non-hydrogen) atoms. The number of halogens is 5. The quantitative estimate of drug-likeness (QED) is 0.221. The van der Waals surface area contributed by atoms with Gasteiger partial charge in [-0.15, -0.1) is 35.3 Å². The van der Waals surface area contributed by atoms with Gasteiger partial charge in [-0.3, -0.25) is 0 Å². The van der Waals surface area contributed by atoms with E-state index in [1.807, 2.05) is 13.2 Å². The summed E-state index contributed by atoms with van der Waals surface area (Å²) < 4.78 is 51.3. The predicted molar refractivity (Wildman–Crippen MR) is 118 cm³/mol. The van der Waals surface area contributed by atoms with Crippen LogP contribution in [0, 0.1) is 5.82 Å². The van der Waals surface area contributed by atoms with Crippen LogP contribution in [0.4, 0.5) is 17.6 Å². The van der Waals surface area contributed by atoms with Crippen molar-refractivity contribution < 1.29 is 17.6 Å². The number of aliphatic imine (C=N–C) groups is 1. The van der Waals surface area contributed by atoms with E-state index in [0.29, 0.717) is 29.8 Å². The molecule has 1 aromatic carbocycles. The van der Waals surface area contributed by atoms with Gasteiger partial charge in [0.25, 0.3) is 0 Å². The predicted octanol–water partition coefficient (Wildman–Crippen LogP) is 5.04. The number of rotatable bonds is 7. The van der Waals surface area contributed by atoms with E-state index in [1.54, 1.807) is 17.8 Å². The number of aromatic nitrogens is 1. The Morgan fingerprint density at radius 3 is 2.61 bits per heavy atom. The highest BCUT2D eigenvalue weighted by Gasteiger charge is 2.33. The summed E-state index contributed by atoms with van der Waals surface area (Å²) in [5.74, 6) is 0.841. The third-order valence-corrected chi connectivity index (χ3v) is 4.92. The highest BCUT2D eigenvalue weighted by atomic mass is 127. The normalized spacial score (nSPS) is 11.9. The van der Waals surface area contributed by atoms with Crippen molar-refractivity contribution in [3.05, 3.63) is 51.2 Å². The van der Waals surface area contributed by atoms with E-state index < -0.39 is 11.9 Å². The van der Waals surface area contributed by atoms with Crippen molar-refractivity contribution in [3.8, 4) is 0 Å². The van der Waals surface area contributed by atoms with Crippen LogP contribution in [0.3, 0.4) is 0 Å². The Morgan fingerprint density at radius 2 is 2.00 bits per heavy atom. The number of thiazole rings is 1. The van der Waals surface area contributed by atoms with E-state index in [1.165, 1.54) is 12.1 Å². The molecule has 0 aliphatic heterocycles. The van der Waals surface area contributed by atoms with Crippen LogP contribution in [0.15, 0.2) is 28.6 Å². The molecule has 0 amide bonds. The number of hydrogen-bond acceptors (Lipinski definition) is 4. The van der Waals surface area contributed by atoms with Gasteiger partial charge in [-0.1, -0.05) is 6.07 Å². The summed E-state index contributed by atoms with van der Waals surface area (Å²) in [4.78, 5) is 8.03. The fraction of sp³-hybridized carbons (Fsp3) is 0.412. The molecule has 0 saturated heterocycles. The fourth-order valence-corrected chi connectivity index (χ4v) is 3.55. The average Bonchev–Trinajstić information content (AvgIpc) is 3.08. The molecule has 0 aliphatic rings. The molecule has 0 atom stereocenters. The zero-order valence-corrected chi connectivity index (χ0v) is 19.2. The first-order chi connectivity index (χ1) is 12.8. The van der Waals surface area contributed by atoms with Gasteiger partial charge >= 0.3 is 6.18 Å². The summed E-state index contributed by atoms with van der Waals surface area (Å²) in [6.07, 6.45) is -2.50. The molecule has 0 aliphatic carbocycles. The largest absolute Gasteiger partial charge is 0.434 e. The molecule has 11 heteroatoms. The minimum absolute atomic E-state index is 0. The molecule has 2 N–H and O–H groups in total. The molecule has 0 spiro atoms. The van der Waals surface area contributed by atoms with Crippen molar-refractivity contribution in [2.45, 2.75) is 31.9 Å². The van der Waals surface area contributed by atoms with Gasteiger partial charge in [0.15, 0.2) is 11.7 Å². The molecular formula is C17H21F4IN4S2. The molecule has 0 saturated carbocycles. The number of thioether (sulfide) groups is 1. The smallest absolute Gasteiger partial charge is 0.357 e. The number of alkyl halides is 3. The van der Waals surface area contributed by atoms with E-state index in [4.69, 9.17) is 0 Å². The van der Waals surface area contributed by atoms with Crippen molar-refractivity contribution in [3.63, 3.8) is 0 Å². The zero-order valence-electron chi connectivity index (χ0n) is 15.3. The lowest BCUT2D eigenvalue weighted by atomic mass is 10.1. The van der Waals surface area contributed by atoms with Gasteiger partial charge in [0.1, 0.15) is 10.8 Å². The van der Waals surface area contributed by atoms with Crippen molar-refractivity contribution in [2.24, 2.45) is 4.99 Å². The van der Waals surface area contributed by atoms with Crippen LogP contribution in [0.2, 0.25) is 0 Å². The number of nitrogens with one attached hydrogen (secondary N) is 2. The Labute approximate surface area is 186 Å². The van der Waals surface area contributed by atoms with Crippen LogP contribution in [-0.4, -0.2) is 23.7 Å². The van der Waals surface area contributed by atoms with Gasteiger partial charge in [-0.05, 0) is 36.4 Å². The Bertz CT molecular complexity index is 781. The second-order valence-electron chi connectivity index (χ2n) is 5.52. The van der Waals surface area contributed by atoms with Crippen molar-refractivity contribution >= 4 is 53.0 Å². The lowest BCUT2D eigenvalue weighted by Gasteiger charge is -2.11. The molecule has 0 bridgehead atoms. The van der Waals surface area contributed by atoms with Gasteiger partial charge in [-0.25, -0.2) is 14.4 Å². The van der Waals surface area contributed by atoms with Gasteiger partial charge in [-0.2, -0.15) is 24.9 Å². The number of guanidine groups is 1. The highest BCUT2D eigenvalue weighted by Crippen LogP contribution is 2.29. The van der Waals surface area contributed by atoms with E-state index in [-0.39, 0.29) is 36.3 Å². The van der Waals surface area contributed by atoms with E-state index in [9.17, 15) is 17.6 Å². The minimum Gasteiger partial charge on any atom is -0.357 e. The standard InChI is InChI=1S/C17H20F4N4S2.HI/c1-3-22-16(24-8-15-25-14(10-27-15)17(19,20)21)23-7-11-4-5-13(18)6-12(11)9-26-2;/h4-6,10H,3,7-9H2,1-2H3,(H2,22,23,24);1H. The first-order valence-corrected chi connectivity index (χ1v) is 10.4. The summed E-state index contributed by atoms with van der Waals surface area (Å²) in [7, 11) is 0. The first kappa shape index (κ1) is 25.0. The van der Waals surface area contributed by atoms with Crippen LogP contribution in [0.1, 0.15) is 28.8 Å². The molecule has 0 unspecified atom stereocenters. The van der Waals surface area contributed by atoms with Crippen molar-refractivity contribution in [1.29, 1.82) is 0 Å². The monoisotopic (exact) mass is 548 g/mol. The van der Waals surface area contributed by atoms with Crippen LogP contribution < -0.4 is 10.6 Å². The third-order valence-electron chi connectivity index (χ3n) is 3.47. The summed E-state index contributed by atoms with van der Waals surface area (Å²) in [5, 5.41) is 7.32. The second-order valence-corrected chi connectivity index (χ2v) is 7.33. The molecular weight excluding hydrogens is 527 g/mol.